The second kappa shape index (κ2) is 20.4. The van der Waals surface area contributed by atoms with Crippen molar-refractivity contribution in [3.8, 4) is 0 Å². The Bertz CT molecular complexity index is 2490. The maximum atomic E-state index is 12.8. The standard InChI is InChI=1S/C20H29ClN4O3SSi.C19H25N5O3S.C6H12O/c1-30(2,3)11-10-28-13-25-19(23-20(24-25)29(21,26)27)22-18-16-8-4-6-14(16)12-15-7-5-9-17(15)18;25-11-12-7-8-24(10-12)28(26,27)19-21-18(22-23-19)20-17-15-5-1-3-13(15)9-14-4-2-6-16(14)17;7-5-6-3-1-2-4-6/h12H,4-11,13H2,1-3H3,(H,22,23,24);9,12,25H,1-8,10-11H2,(H2,20,21,22,23);6-7H,1-5H2/t;12-;/m.0./s1. The molecular formula is C45H66ClN9O7S2Si. The van der Waals surface area contributed by atoms with Crippen molar-refractivity contribution in [2.75, 3.05) is 43.5 Å². The van der Waals surface area contributed by atoms with Crippen molar-refractivity contribution in [3.05, 3.63) is 56.6 Å². The van der Waals surface area contributed by atoms with Gasteiger partial charge < -0.3 is 25.6 Å². The monoisotopic (exact) mass is 971 g/mol. The number of hydrogen-bond acceptors (Lipinski definition) is 13. The first-order valence-electron chi connectivity index (χ1n) is 23.6. The third-order valence-electron chi connectivity index (χ3n) is 13.8. The van der Waals surface area contributed by atoms with Gasteiger partial charge in [0.1, 0.15) is 6.73 Å². The van der Waals surface area contributed by atoms with Gasteiger partial charge in [0.2, 0.25) is 11.9 Å². The second-order valence-electron chi connectivity index (χ2n) is 19.7. The predicted octanol–water partition coefficient (Wildman–Crippen LogP) is 6.94. The van der Waals surface area contributed by atoms with Gasteiger partial charge in [0, 0.05) is 63.0 Å². The van der Waals surface area contributed by atoms with Crippen molar-refractivity contribution in [1.82, 2.24) is 34.3 Å². The molecule has 0 amide bonds. The first-order chi connectivity index (χ1) is 31.1. The van der Waals surface area contributed by atoms with Gasteiger partial charge in [0.15, 0.2) is 0 Å². The highest BCUT2D eigenvalue weighted by atomic mass is 35.7. The molecule has 65 heavy (non-hydrogen) atoms. The molecule has 5 N–H and O–H groups in total. The van der Waals surface area contributed by atoms with Crippen LogP contribution in [0.15, 0.2) is 22.4 Å². The molecule has 3 heterocycles. The number of aliphatic hydroxyl groups excluding tert-OH is 2. The minimum Gasteiger partial charge on any atom is -0.396 e. The number of fused-ring (bicyclic) bond motifs is 4. The zero-order valence-electron chi connectivity index (χ0n) is 38.1. The SMILES string of the molecule is C[Si](C)(C)CCOCn1nc(S(=O)(=O)Cl)nc1Nc1c2c(cc3c1CCC3)CCC2.O=S(=O)(c1nc(Nc2c3c(cc4c2CCC4)CCC3)n[nH]1)N1CC[C@H](CO)C1.OCC1CCCC1. The van der Waals surface area contributed by atoms with Gasteiger partial charge in [-0.3, -0.25) is 0 Å². The van der Waals surface area contributed by atoms with Crippen LogP contribution in [-0.2, 0) is 81.9 Å². The number of aryl methyl sites for hydroxylation is 4. The fourth-order valence-corrected chi connectivity index (χ4v) is 12.9. The molecular weight excluding hydrogens is 906 g/mol. The van der Waals surface area contributed by atoms with Crippen LogP contribution in [0.5, 0.6) is 0 Å². The lowest BCUT2D eigenvalue weighted by Crippen LogP contribution is -2.30. The number of sulfonamides is 1. The number of halogens is 1. The van der Waals surface area contributed by atoms with E-state index in [0.29, 0.717) is 50.5 Å². The Morgan fingerprint density at radius 3 is 1.77 bits per heavy atom. The zero-order chi connectivity index (χ0) is 45.9. The maximum absolute atomic E-state index is 12.8. The topological polar surface area (TPSA) is 218 Å². The Labute approximate surface area is 389 Å². The molecule has 0 bridgehead atoms. The van der Waals surface area contributed by atoms with E-state index in [0.717, 1.165) is 94.5 Å². The van der Waals surface area contributed by atoms with Crippen LogP contribution in [-0.4, -0.2) is 102 Å². The highest BCUT2D eigenvalue weighted by molar-refractivity contribution is 8.13. The summed E-state index contributed by atoms with van der Waals surface area (Å²) in [5.41, 5.74) is 13.1. The minimum absolute atomic E-state index is 0.000538. The van der Waals surface area contributed by atoms with Gasteiger partial charge in [0.25, 0.3) is 29.4 Å². The number of benzene rings is 2. The van der Waals surface area contributed by atoms with Crippen molar-refractivity contribution in [3.63, 3.8) is 0 Å². The molecule has 0 spiro atoms. The Hall–Kier alpha value is -3.43. The van der Waals surface area contributed by atoms with Gasteiger partial charge in [-0.2, -0.15) is 14.3 Å². The van der Waals surface area contributed by atoms with Gasteiger partial charge in [0.05, 0.1) is 0 Å². The van der Waals surface area contributed by atoms with Crippen LogP contribution in [0.1, 0.15) is 102 Å². The number of nitrogens with one attached hydrogen (secondary N) is 3. The van der Waals surface area contributed by atoms with E-state index in [1.807, 2.05) is 0 Å². The molecule has 2 fully saturated rings. The molecule has 10 rings (SSSR count). The number of aromatic amines is 1. The summed E-state index contributed by atoms with van der Waals surface area (Å²) in [6.07, 6.45) is 19.0. The third kappa shape index (κ3) is 11.3. The number of aliphatic hydroxyl groups is 2. The molecule has 6 aliphatic rings. The molecule has 16 nitrogen and oxygen atoms in total. The van der Waals surface area contributed by atoms with E-state index < -0.39 is 32.3 Å². The van der Waals surface area contributed by atoms with Gasteiger partial charge in [-0.05, 0) is 159 Å². The normalized spacial score (nSPS) is 19.3. The summed E-state index contributed by atoms with van der Waals surface area (Å²) in [5, 5.41) is 34.9. The molecule has 1 aliphatic heterocycles. The molecule has 20 heteroatoms. The van der Waals surface area contributed by atoms with E-state index in [1.54, 1.807) is 0 Å². The van der Waals surface area contributed by atoms with Crippen molar-refractivity contribution < 1.29 is 31.8 Å². The molecule has 5 aliphatic carbocycles. The van der Waals surface area contributed by atoms with E-state index in [1.165, 1.54) is 79.2 Å². The van der Waals surface area contributed by atoms with Crippen molar-refractivity contribution in [1.29, 1.82) is 0 Å². The highest BCUT2D eigenvalue weighted by Crippen LogP contribution is 2.41. The van der Waals surface area contributed by atoms with Crippen LogP contribution in [0.4, 0.5) is 23.3 Å². The number of ether oxygens (including phenoxy) is 1. The second-order valence-corrected chi connectivity index (χ2v) is 29.7. The van der Waals surface area contributed by atoms with Crippen LogP contribution in [0, 0.1) is 11.8 Å². The Balaban J connectivity index is 0.000000154. The van der Waals surface area contributed by atoms with Crippen molar-refractivity contribution in [2.45, 2.75) is 152 Å². The summed E-state index contributed by atoms with van der Waals surface area (Å²) >= 11 is 0. The average molecular weight is 973 g/mol. The minimum atomic E-state index is -4.03. The van der Waals surface area contributed by atoms with Crippen LogP contribution in [0.3, 0.4) is 0 Å². The smallest absolute Gasteiger partial charge is 0.298 e. The summed E-state index contributed by atoms with van der Waals surface area (Å²) in [6.45, 7) is 8.73. The summed E-state index contributed by atoms with van der Waals surface area (Å²) in [6, 6.07) is 5.73. The summed E-state index contributed by atoms with van der Waals surface area (Å²) in [4.78, 5) is 8.46. The Morgan fingerprint density at radius 1 is 0.754 bits per heavy atom. The predicted molar refractivity (Wildman–Crippen MR) is 254 cm³/mol. The summed E-state index contributed by atoms with van der Waals surface area (Å²) in [7, 11) is -3.45. The Kier molecular flexibility index (Phi) is 15.1. The van der Waals surface area contributed by atoms with Crippen molar-refractivity contribution in [2.24, 2.45) is 11.8 Å². The number of rotatable bonds is 14. The van der Waals surface area contributed by atoms with Crippen LogP contribution < -0.4 is 10.6 Å². The maximum Gasteiger partial charge on any atom is 0.298 e. The van der Waals surface area contributed by atoms with E-state index >= 15 is 0 Å². The summed E-state index contributed by atoms with van der Waals surface area (Å²) < 4.78 is 58.0. The van der Waals surface area contributed by atoms with E-state index in [4.69, 9.17) is 20.5 Å². The Morgan fingerprint density at radius 2 is 1.29 bits per heavy atom. The van der Waals surface area contributed by atoms with Gasteiger partial charge in [-0.1, -0.05) is 44.6 Å². The number of nitrogens with zero attached hydrogens (tertiary/aromatic N) is 6. The van der Waals surface area contributed by atoms with Crippen LogP contribution >= 0.6 is 10.7 Å². The lowest BCUT2D eigenvalue weighted by atomic mass is 9.99. The molecule has 0 unspecified atom stereocenters. The van der Waals surface area contributed by atoms with Gasteiger partial charge in [-0.15, -0.1) is 10.2 Å². The lowest BCUT2D eigenvalue weighted by Gasteiger charge is -2.18. The fraction of sp³-hybridized carbons (Fsp3) is 0.644. The molecule has 1 saturated heterocycles. The molecule has 4 aromatic rings. The third-order valence-corrected chi connectivity index (χ3v) is 18.2. The number of hydrogen-bond donors (Lipinski definition) is 5. The first-order valence-corrected chi connectivity index (χ1v) is 31.1. The lowest BCUT2D eigenvalue weighted by molar-refractivity contribution is 0.0792. The molecule has 1 saturated carbocycles. The van der Waals surface area contributed by atoms with E-state index in [-0.39, 0.29) is 24.4 Å². The highest BCUT2D eigenvalue weighted by Gasteiger charge is 2.35. The van der Waals surface area contributed by atoms with E-state index in [2.05, 4.69) is 67.7 Å². The first kappa shape index (κ1) is 48.0. The van der Waals surface area contributed by atoms with E-state index in [9.17, 15) is 21.9 Å². The zero-order valence-corrected chi connectivity index (χ0v) is 41.5. The largest absolute Gasteiger partial charge is 0.396 e. The number of H-pyrrole nitrogens is 1. The van der Waals surface area contributed by atoms with Crippen molar-refractivity contribution >= 4 is 61.1 Å². The fourth-order valence-electron chi connectivity index (χ4n) is 10.2. The molecule has 1 atom stereocenters. The van der Waals surface area contributed by atoms with Crippen LogP contribution in [0.25, 0.3) is 0 Å². The summed E-state index contributed by atoms with van der Waals surface area (Å²) in [5.74, 6) is 1.30. The molecule has 0 radical (unpaired) electrons. The van der Waals surface area contributed by atoms with Gasteiger partial charge >= 0.3 is 0 Å². The molecule has 2 aromatic carbocycles. The molecule has 356 valence electrons. The quantitative estimate of drug-likeness (QED) is 0.0493. The number of aromatic nitrogens is 6. The average Bonchev–Trinajstić information content (AvgIpc) is 4.12. The number of anilines is 4. The molecule has 2 aromatic heterocycles. The van der Waals surface area contributed by atoms with Gasteiger partial charge in [-0.25, -0.2) is 26.6 Å². The van der Waals surface area contributed by atoms with Crippen LogP contribution in [0.2, 0.25) is 25.7 Å².